The summed E-state index contributed by atoms with van der Waals surface area (Å²) < 4.78 is 7.96. The first-order valence-electron chi connectivity index (χ1n) is 46.6. The number of unbranched alkanes of at least 4 members (excludes halogenated alkanes) is 3. The first-order chi connectivity index (χ1) is 69.7. The zero-order valence-corrected chi connectivity index (χ0v) is 85.0. The molecule has 0 saturated carbocycles. The van der Waals surface area contributed by atoms with Gasteiger partial charge < -0.3 is 125 Å². The molecule has 0 aliphatic heterocycles. The van der Waals surface area contributed by atoms with E-state index in [-0.39, 0.29) is 133 Å². The number of aromatic nitrogens is 15. The van der Waals surface area contributed by atoms with E-state index in [0.717, 1.165) is 61.9 Å². The van der Waals surface area contributed by atoms with Gasteiger partial charge >= 0.3 is 71.8 Å². The summed E-state index contributed by atoms with van der Waals surface area (Å²) in [7, 11) is 0. The van der Waals surface area contributed by atoms with Crippen LogP contribution >= 0.6 is 22.6 Å². The molecule has 0 fully saturated rings. The molecule has 0 unspecified atom stereocenters. The van der Waals surface area contributed by atoms with Crippen molar-refractivity contribution < 1.29 is 132 Å². The number of carboxylic acid groups (broad SMARTS) is 9. The van der Waals surface area contributed by atoms with Crippen molar-refractivity contribution in [1.82, 2.24) is 143 Å². The molecule has 7 rings (SSSR count). The van der Waals surface area contributed by atoms with Gasteiger partial charge in [-0.3, -0.25) is 48.5 Å². The number of benzene rings is 2. The maximum Gasteiger partial charge on any atom is 0.326 e. The van der Waals surface area contributed by atoms with Crippen LogP contribution in [0.5, 0.6) is 0 Å². The van der Waals surface area contributed by atoms with E-state index in [4.69, 9.17) is 36.4 Å². The molecule has 0 aliphatic rings. The Morgan fingerprint density at radius 1 is 0.408 bits per heavy atom. The predicted octanol–water partition coefficient (Wildman–Crippen LogP) is 0.170. The van der Waals surface area contributed by atoms with Gasteiger partial charge in [-0.05, 0) is 172 Å². The monoisotopic (exact) mass is 2190 g/mol. The molecule has 11 amide bonds. The summed E-state index contributed by atoms with van der Waals surface area (Å²) in [5.74, 6) is -13.0. The fourth-order valence-electron chi connectivity index (χ4n) is 13.2. The van der Waals surface area contributed by atoms with E-state index >= 15 is 0 Å². The third kappa shape index (κ3) is 51.4. The number of carboxylic acids is 9. The number of hydrogen-bond donors (Lipinski definition) is 22. The standard InChI is InChI=1S/C24H31IN8O10.C18H29N7O8.C17H26N6O8.C17H25N5O.C11H21N5O/c1-13-10-14(33(42)43)5-6-15(13)27-11-18-21(25)30-31-32(18)12-19(34)26-9-3-2-4-16(22(37)38)28-24(41)29-17(23(39)40)7-8-20(35)36;1-10-13(8-19)25(24-23-10)9-14(26)20-7-3-2-4-11(16(29)30)21-18(33)22-12(17(31)32)5-6-15(27)28;1-10-8-23(22-21-10)9-13(24)18-7-3-2-4-11(15(27)28)19-17(31)20-12(16(29)30)5-6-14(25)26;1-4-21(5-2)12-11-18-16(23)13-22-17(14(3)19-20-22)15-9-7-6-8-10-15;1-4-15(5-2)7-6-12-11(17)9-16-8-10(3)13-14-16/h5-6,10,16-17,27H,2-4,7-9,11-12H2,1H3,(H,26,34)(H,35,36)(H,37,38)(H,39,40)(H2,28,29,41);11-12H,2-9,19H2,1H3,(H,20,26)(H,27,28)(H,29,30)(H,31,32)(H2,21,22,33);8,11-12H,2-7,9H2,1H3,(H,18,24)(H,25,26)(H,27,28)(H,29,30)(H2,19,20,31);6-10H,4-5,11-13H2,1-3H3,(H,18,23);8H,4-7,9H2,1-3H3,(H,12,17)/t16-,17-;2*11-,12-;;/m000../s1. The Morgan fingerprint density at radius 3 is 1.07 bits per heavy atom. The number of nitro benzene ring substituents is 1. The van der Waals surface area contributed by atoms with Crippen molar-refractivity contribution in [3.63, 3.8) is 0 Å². The summed E-state index contributed by atoms with van der Waals surface area (Å²) in [6.07, 6.45) is 3.18. The molecular weight excluding hydrogens is 2050 g/mol. The van der Waals surface area contributed by atoms with Crippen molar-refractivity contribution in [2.45, 2.75) is 241 Å². The quantitative estimate of drug-likeness (QED) is 0.0105. The normalized spacial score (nSPS) is 11.9. The number of nitrogens with two attached hydrogens (primary N) is 1. The lowest BCUT2D eigenvalue weighted by Gasteiger charge is -2.18. The van der Waals surface area contributed by atoms with Crippen molar-refractivity contribution in [3.05, 3.63) is 114 Å². The Morgan fingerprint density at radius 2 is 0.741 bits per heavy atom. The number of urea groups is 3. The number of nitrogens with one attached hydrogen (secondary N) is 12. The topological polar surface area (TPSA) is 846 Å². The Hall–Kier alpha value is -15.7. The highest BCUT2D eigenvalue weighted by Gasteiger charge is 2.30. The number of anilines is 1. The molecular formula is C87H132IN31O28. The SMILES string of the molecule is CCN(CC)CCNC(=O)Cn1cc(C)nn1.CCN(CC)CCNC(=O)Cn1nnc(C)c1-c1ccccc1.Cc1cc([N+](=O)[O-])ccc1NCc1c(I)nnn1CC(=O)NCCCC[C@H](NC(=O)N[C@@H](CCC(=O)O)C(=O)O)C(=O)O.Cc1cn(CC(=O)NCCCC[C@H](NC(=O)N[C@@H](CCC(=O)O)C(=O)O)C(=O)O)nn1.Cc1nnn(CC(=O)NCCCC[C@H](NC(=O)N[C@@H](CCC(=O)O)C(=O)O)C(=O)O)c1CN. The molecule has 6 atom stereocenters. The number of aliphatic carboxylic acids is 9. The molecule has 60 heteroatoms. The fraction of sp³-hybridized carbons (Fsp3) is 0.552. The van der Waals surface area contributed by atoms with E-state index in [2.05, 4.69) is 153 Å². The first-order valence-corrected chi connectivity index (χ1v) is 47.7. The number of hydrogen-bond acceptors (Lipinski definition) is 33. The lowest BCUT2D eigenvalue weighted by molar-refractivity contribution is -0.384. The smallest absolute Gasteiger partial charge is 0.326 e. The lowest BCUT2D eigenvalue weighted by Crippen LogP contribution is -2.51. The van der Waals surface area contributed by atoms with Crippen LogP contribution in [-0.2, 0) is 113 Å². The van der Waals surface area contributed by atoms with Crippen LogP contribution in [0.4, 0.5) is 25.8 Å². The molecule has 0 spiro atoms. The molecule has 0 aliphatic carbocycles. The third-order valence-corrected chi connectivity index (χ3v) is 22.0. The van der Waals surface area contributed by atoms with Crippen LogP contribution in [0.1, 0.15) is 164 Å². The van der Waals surface area contributed by atoms with Crippen LogP contribution in [0.15, 0.2) is 60.9 Å². The average molecular weight is 2190 g/mol. The Bertz CT molecular complexity index is 5430. The minimum atomic E-state index is -1.50. The van der Waals surface area contributed by atoms with E-state index in [1.807, 2.05) is 66.8 Å². The minimum absolute atomic E-state index is 0.00688. The van der Waals surface area contributed by atoms with Crippen LogP contribution in [0, 0.1) is 48.4 Å². The molecule has 810 valence electrons. The highest BCUT2D eigenvalue weighted by atomic mass is 127. The van der Waals surface area contributed by atoms with Crippen molar-refractivity contribution in [2.24, 2.45) is 5.73 Å². The van der Waals surface area contributed by atoms with Gasteiger partial charge in [-0.15, -0.1) is 25.5 Å². The van der Waals surface area contributed by atoms with E-state index in [9.17, 15) is 107 Å². The number of rotatable bonds is 62. The molecule has 23 N–H and O–H groups in total. The van der Waals surface area contributed by atoms with Crippen molar-refractivity contribution in [3.8, 4) is 11.3 Å². The number of nitro groups is 1. The Kier molecular flexibility index (Phi) is 58.5. The highest BCUT2D eigenvalue weighted by molar-refractivity contribution is 14.1. The summed E-state index contributed by atoms with van der Waals surface area (Å²) in [6, 6.07) is 2.86. The van der Waals surface area contributed by atoms with Gasteiger partial charge in [-0.2, -0.15) is 0 Å². The van der Waals surface area contributed by atoms with Crippen molar-refractivity contribution in [2.75, 3.05) is 77.3 Å². The van der Waals surface area contributed by atoms with Gasteiger partial charge in [0.25, 0.3) is 5.69 Å². The fourth-order valence-corrected chi connectivity index (χ4v) is 13.8. The second kappa shape index (κ2) is 68.6. The summed E-state index contributed by atoms with van der Waals surface area (Å²) in [6.45, 7) is 25.9. The van der Waals surface area contributed by atoms with Crippen LogP contribution in [0.3, 0.4) is 0 Å². The second-order valence-corrected chi connectivity index (χ2v) is 33.5. The Balaban J connectivity index is 0.000000486. The first kappa shape index (κ1) is 125. The average Bonchev–Trinajstić information content (AvgIpc) is 1.69. The molecule has 147 heavy (non-hydrogen) atoms. The number of halogens is 1. The predicted molar refractivity (Wildman–Crippen MR) is 527 cm³/mol. The summed E-state index contributed by atoms with van der Waals surface area (Å²) in [4.78, 5) is 210. The van der Waals surface area contributed by atoms with Gasteiger partial charge in [0.15, 0.2) is 0 Å². The maximum atomic E-state index is 12.5. The molecule has 7 aromatic rings. The molecule has 0 radical (unpaired) electrons. The highest BCUT2D eigenvalue weighted by Crippen LogP contribution is 2.24. The van der Waals surface area contributed by atoms with Gasteiger partial charge in [0, 0.05) is 107 Å². The van der Waals surface area contributed by atoms with Crippen LogP contribution < -0.4 is 69.5 Å². The summed E-state index contributed by atoms with van der Waals surface area (Å²) >= 11 is 1.98. The van der Waals surface area contributed by atoms with Crippen LogP contribution in [0.2, 0.25) is 0 Å². The second-order valence-electron chi connectivity index (χ2n) is 32.5. The third-order valence-electron chi connectivity index (χ3n) is 21.2. The molecule has 0 saturated heterocycles. The van der Waals surface area contributed by atoms with Crippen LogP contribution in [-0.4, -0.2) is 345 Å². The number of likely N-dealkylation sites (N-methyl/N-ethyl adjacent to an activating group) is 2. The van der Waals surface area contributed by atoms with Crippen molar-refractivity contribution in [1.29, 1.82) is 0 Å². The number of amides is 11. The molecule has 5 heterocycles. The van der Waals surface area contributed by atoms with Gasteiger partial charge in [-0.25, -0.2) is 66.6 Å². The van der Waals surface area contributed by atoms with Gasteiger partial charge in [-0.1, -0.05) is 84.1 Å². The largest absolute Gasteiger partial charge is 0.481 e. The zero-order chi connectivity index (χ0) is 110. The van der Waals surface area contributed by atoms with Gasteiger partial charge in [0.1, 0.15) is 72.7 Å². The van der Waals surface area contributed by atoms with E-state index in [1.54, 1.807) is 48.6 Å². The number of nitrogens with zero attached hydrogens (tertiary/aromatic N) is 18. The number of carbonyl (C=O) groups excluding carboxylic acids is 8. The Labute approximate surface area is 856 Å². The molecule has 0 bridgehead atoms. The van der Waals surface area contributed by atoms with Gasteiger partial charge in [0.2, 0.25) is 29.5 Å². The zero-order valence-electron chi connectivity index (χ0n) is 82.9. The van der Waals surface area contributed by atoms with Gasteiger partial charge in [0.05, 0.1) is 51.3 Å². The van der Waals surface area contributed by atoms with E-state index < -0.39 is 132 Å². The summed E-state index contributed by atoms with van der Waals surface area (Å²) in [5, 5.41) is 161. The van der Waals surface area contributed by atoms with E-state index in [1.165, 1.54) is 26.2 Å². The molecule has 59 nitrogen and oxygen atoms in total. The van der Waals surface area contributed by atoms with Crippen LogP contribution in [0.25, 0.3) is 11.3 Å². The maximum absolute atomic E-state index is 12.5. The summed E-state index contributed by atoms with van der Waals surface area (Å²) in [5.41, 5.74) is 13.1. The number of non-ortho nitro benzene ring substituents is 1. The number of carbonyl (C=O) groups is 17. The number of aryl methyl sites for hydroxylation is 5. The van der Waals surface area contributed by atoms with Crippen molar-refractivity contribution >= 4 is 135 Å². The molecule has 5 aromatic heterocycles. The minimum Gasteiger partial charge on any atom is -0.481 e. The molecule has 2 aromatic carbocycles. The lowest BCUT2D eigenvalue weighted by atomic mass is 10.1. The van der Waals surface area contributed by atoms with E-state index in [0.29, 0.717) is 95.9 Å².